The first-order valence-electron chi connectivity index (χ1n) is 5.40. The molecule has 1 unspecified atom stereocenters. The Morgan fingerprint density at radius 3 is 2.50 bits per heavy atom. The quantitative estimate of drug-likeness (QED) is 0.856. The first-order chi connectivity index (χ1) is 8.63. The van der Waals surface area contributed by atoms with Crippen LogP contribution in [0.1, 0.15) is 0 Å². The maximum atomic E-state index is 11.7. The first kappa shape index (κ1) is 13.1. The summed E-state index contributed by atoms with van der Waals surface area (Å²) >= 11 is 6.11. The maximum Gasteiger partial charge on any atom is 0.137 e. The van der Waals surface area contributed by atoms with E-state index < -0.39 is 10.8 Å². The van der Waals surface area contributed by atoms with Gasteiger partial charge in [-0.05, 0) is 29.3 Å². The summed E-state index contributed by atoms with van der Waals surface area (Å²) in [5, 5.41) is 0.548. The maximum absolute atomic E-state index is 11.7. The topological polar surface area (TPSA) is 26.3 Å². The van der Waals surface area contributed by atoms with Crippen LogP contribution in [0.5, 0.6) is 5.75 Å². The number of ether oxygens (including phenoxy) is 1. The second-order valence-corrected chi connectivity index (χ2v) is 5.55. The fourth-order valence-electron chi connectivity index (χ4n) is 1.79. The van der Waals surface area contributed by atoms with Crippen LogP contribution < -0.4 is 4.74 Å². The molecule has 0 aromatic heterocycles. The Balaban J connectivity index is 2.55. The van der Waals surface area contributed by atoms with E-state index in [0.29, 0.717) is 10.8 Å². The molecule has 0 heterocycles. The van der Waals surface area contributed by atoms with Gasteiger partial charge in [0.2, 0.25) is 0 Å². The number of methoxy groups -OCH3 is 1. The summed E-state index contributed by atoms with van der Waals surface area (Å²) in [5.41, 5.74) is 1.87. The Bertz CT molecular complexity index is 596. The second kappa shape index (κ2) is 5.55. The summed E-state index contributed by atoms with van der Waals surface area (Å²) in [6.07, 6.45) is 1.67. The van der Waals surface area contributed by atoms with Gasteiger partial charge in [0.25, 0.3) is 0 Å². The highest BCUT2D eigenvalue weighted by molar-refractivity contribution is 7.84. The number of benzene rings is 2. The highest BCUT2D eigenvalue weighted by Gasteiger charge is 2.09. The molecule has 0 saturated heterocycles. The van der Waals surface area contributed by atoms with E-state index in [1.807, 2.05) is 42.5 Å². The van der Waals surface area contributed by atoms with Gasteiger partial charge in [-0.2, -0.15) is 0 Å². The predicted octanol–water partition coefficient (Wildman–Crippen LogP) is 3.75. The summed E-state index contributed by atoms with van der Waals surface area (Å²) in [6.45, 7) is 0. The zero-order valence-electron chi connectivity index (χ0n) is 10.1. The van der Waals surface area contributed by atoms with Gasteiger partial charge in [0, 0.05) is 11.2 Å². The number of halogens is 1. The molecule has 0 aliphatic carbocycles. The van der Waals surface area contributed by atoms with Crippen molar-refractivity contribution in [1.29, 1.82) is 0 Å². The lowest BCUT2D eigenvalue weighted by atomic mass is 10.1. The summed E-state index contributed by atoms with van der Waals surface area (Å²) in [4.78, 5) is 0.804. The summed E-state index contributed by atoms with van der Waals surface area (Å²) < 4.78 is 16.8. The molecular formula is C14H13ClO2S. The molecule has 0 saturated carbocycles. The zero-order valence-corrected chi connectivity index (χ0v) is 11.7. The van der Waals surface area contributed by atoms with Gasteiger partial charge in [-0.1, -0.05) is 35.9 Å². The van der Waals surface area contributed by atoms with Crippen LogP contribution in [-0.4, -0.2) is 17.6 Å². The van der Waals surface area contributed by atoms with Crippen molar-refractivity contribution in [2.45, 2.75) is 4.90 Å². The van der Waals surface area contributed by atoms with E-state index in [-0.39, 0.29) is 0 Å². The second-order valence-electron chi connectivity index (χ2n) is 3.80. The molecule has 1 atom stereocenters. The van der Waals surface area contributed by atoms with Crippen LogP contribution in [0.15, 0.2) is 47.4 Å². The van der Waals surface area contributed by atoms with Crippen LogP contribution in [-0.2, 0) is 10.8 Å². The Labute approximate surface area is 114 Å². The predicted molar refractivity (Wildman–Crippen MR) is 75.8 cm³/mol. The van der Waals surface area contributed by atoms with Gasteiger partial charge in [-0.25, -0.2) is 0 Å². The van der Waals surface area contributed by atoms with Crippen molar-refractivity contribution in [3.63, 3.8) is 0 Å². The Kier molecular flexibility index (Phi) is 4.04. The van der Waals surface area contributed by atoms with Gasteiger partial charge in [-0.15, -0.1) is 0 Å². The van der Waals surface area contributed by atoms with Gasteiger partial charge >= 0.3 is 0 Å². The molecule has 2 aromatic carbocycles. The van der Waals surface area contributed by atoms with Crippen molar-refractivity contribution in [3.05, 3.63) is 47.5 Å². The molecule has 4 heteroatoms. The molecule has 94 valence electrons. The minimum Gasteiger partial charge on any atom is -0.495 e. The minimum atomic E-state index is -1.03. The van der Waals surface area contributed by atoms with Crippen molar-refractivity contribution >= 4 is 22.4 Å². The number of rotatable bonds is 3. The van der Waals surface area contributed by atoms with E-state index in [2.05, 4.69) is 0 Å². The molecule has 0 aliphatic heterocycles. The number of hydrogen-bond donors (Lipinski definition) is 0. The third kappa shape index (κ3) is 2.57. The SMILES string of the molecule is COc1ccc(-c2ccccc2S(C)=O)cc1Cl. The highest BCUT2D eigenvalue weighted by atomic mass is 35.5. The zero-order chi connectivity index (χ0) is 13.1. The molecule has 2 nitrogen and oxygen atoms in total. The van der Waals surface area contributed by atoms with Gasteiger partial charge in [0.15, 0.2) is 0 Å². The molecule has 0 radical (unpaired) electrons. The third-order valence-electron chi connectivity index (χ3n) is 2.66. The molecule has 0 fully saturated rings. The molecular weight excluding hydrogens is 268 g/mol. The molecule has 18 heavy (non-hydrogen) atoms. The number of hydrogen-bond acceptors (Lipinski definition) is 2. The minimum absolute atomic E-state index is 0.548. The Hall–Kier alpha value is -1.32. The van der Waals surface area contributed by atoms with Crippen molar-refractivity contribution in [1.82, 2.24) is 0 Å². The molecule has 2 aromatic rings. The van der Waals surface area contributed by atoms with Gasteiger partial charge in [-0.3, -0.25) is 4.21 Å². The lowest BCUT2D eigenvalue weighted by molar-refractivity contribution is 0.415. The van der Waals surface area contributed by atoms with E-state index in [1.165, 1.54) is 0 Å². The van der Waals surface area contributed by atoms with Crippen LogP contribution in [0.4, 0.5) is 0 Å². The van der Waals surface area contributed by atoms with Crippen molar-refractivity contribution in [2.75, 3.05) is 13.4 Å². The van der Waals surface area contributed by atoms with E-state index in [0.717, 1.165) is 16.0 Å². The fourth-order valence-corrected chi connectivity index (χ4v) is 2.81. The van der Waals surface area contributed by atoms with Crippen molar-refractivity contribution in [3.8, 4) is 16.9 Å². The van der Waals surface area contributed by atoms with E-state index in [9.17, 15) is 4.21 Å². The highest BCUT2D eigenvalue weighted by Crippen LogP contribution is 2.32. The average molecular weight is 281 g/mol. The van der Waals surface area contributed by atoms with Crippen molar-refractivity contribution in [2.24, 2.45) is 0 Å². The molecule has 2 rings (SSSR count). The van der Waals surface area contributed by atoms with Crippen LogP contribution in [0.2, 0.25) is 5.02 Å². The smallest absolute Gasteiger partial charge is 0.137 e. The van der Waals surface area contributed by atoms with Crippen LogP contribution in [0.3, 0.4) is 0 Å². The molecule has 0 spiro atoms. The van der Waals surface area contributed by atoms with Gasteiger partial charge in [0.1, 0.15) is 5.75 Å². The average Bonchev–Trinajstić information content (AvgIpc) is 2.38. The fraction of sp³-hybridized carbons (Fsp3) is 0.143. The largest absolute Gasteiger partial charge is 0.495 e. The molecule has 0 bridgehead atoms. The van der Waals surface area contributed by atoms with Crippen LogP contribution in [0.25, 0.3) is 11.1 Å². The van der Waals surface area contributed by atoms with Crippen LogP contribution in [0, 0.1) is 0 Å². The van der Waals surface area contributed by atoms with Crippen LogP contribution >= 0.6 is 11.6 Å². The Morgan fingerprint density at radius 1 is 1.17 bits per heavy atom. The van der Waals surface area contributed by atoms with Gasteiger partial charge < -0.3 is 4.74 Å². The lowest BCUT2D eigenvalue weighted by Crippen LogP contribution is -1.92. The van der Waals surface area contributed by atoms with E-state index in [1.54, 1.807) is 13.4 Å². The van der Waals surface area contributed by atoms with E-state index >= 15 is 0 Å². The molecule has 0 amide bonds. The van der Waals surface area contributed by atoms with Gasteiger partial charge in [0.05, 0.1) is 22.9 Å². The van der Waals surface area contributed by atoms with E-state index in [4.69, 9.17) is 16.3 Å². The lowest BCUT2D eigenvalue weighted by Gasteiger charge is -2.09. The summed E-state index contributed by atoms with van der Waals surface area (Å²) in [6, 6.07) is 13.2. The first-order valence-corrected chi connectivity index (χ1v) is 7.33. The summed E-state index contributed by atoms with van der Waals surface area (Å²) in [7, 11) is 0.550. The Morgan fingerprint density at radius 2 is 1.89 bits per heavy atom. The normalized spacial score (nSPS) is 12.2. The monoisotopic (exact) mass is 280 g/mol. The third-order valence-corrected chi connectivity index (χ3v) is 3.93. The summed E-state index contributed by atoms with van der Waals surface area (Å²) in [5.74, 6) is 0.635. The van der Waals surface area contributed by atoms with Crippen molar-refractivity contribution < 1.29 is 8.95 Å². The molecule has 0 aliphatic rings. The molecule has 0 N–H and O–H groups in total. The standard InChI is InChI=1S/C14H13ClO2S/c1-17-13-8-7-10(9-12(13)15)11-5-3-4-6-14(11)18(2)16/h3-9H,1-2H3.